The molecule has 1 aromatic carbocycles. The van der Waals surface area contributed by atoms with E-state index in [0.717, 1.165) is 5.56 Å². The molecule has 0 amide bonds. The number of carboxylic acid groups (broad SMARTS) is 1. The Morgan fingerprint density at radius 2 is 2.13 bits per heavy atom. The maximum Gasteiger partial charge on any atom is 0.320 e. The Morgan fingerprint density at radius 3 is 2.73 bits per heavy atom. The van der Waals surface area contributed by atoms with Crippen LogP contribution >= 0.6 is 0 Å². The van der Waals surface area contributed by atoms with Crippen LogP contribution in [-0.2, 0) is 4.79 Å². The minimum atomic E-state index is -0.830. The molecule has 0 aromatic heterocycles. The average molecular weight is 205 g/mol. The summed E-state index contributed by atoms with van der Waals surface area (Å²) in [4.78, 5) is 10.5. The fourth-order valence-electron chi connectivity index (χ4n) is 1.09. The van der Waals surface area contributed by atoms with Crippen molar-refractivity contribution in [1.29, 1.82) is 0 Å². The molecule has 2 N–H and O–H groups in total. The normalized spacial score (nSPS) is 12.9. The van der Waals surface area contributed by atoms with Crippen molar-refractivity contribution in [2.24, 2.45) is 0 Å². The molecule has 0 spiro atoms. The van der Waals surface area contributed by atoms with Crippen molar-refractivity contribution in [3.05, 3.63) is 42.0 Å². The van der Waals surface area contributed by atoms with Crippen molar-refractivity contribution < 1.29 is 9.90 Å². The van der Waals surface area contributed by atoms with E-state index in [9.17, 15) is 4.79 Å². The molecule has 1 atom stereocenters. The largest absolute Gasteiger partial charge is 0.480 e. The third kappa shape index (κ3) is 4.42. The highest BCUT2D eigenvalue weighted by Crippen LogP contribution is 1.99. The maximum atomic E-state index is 10.5. The highest BCUT2D eigenvalue weighted by atomic mass is 16.4. The quantitative estimate of drug-likeness (QED) is 0.770. The Labute approximate surface area is 89.4 Å². The summed E-state index contributed by atoms with van der Waals surface area (Å²) in [6.45, 7) is 2.18. The lowest BCUT2D eigenvalue weighted by Crippen LogP contribution is -2.33. The number of nitrogens with one attached hydrogen (secondary N) is 1. The van der Waals surface area contributed by atoms with Crippen molar-refractivity contribution in [3.63, 3.8) is 0 Å². The van der Waals surface area contributed by atoms with Crippen LogP contribution in [0.1, 0.15) is 12.5 Å². The predicted molar refractivity (Wildman–Crippen MR) is 60.6 cm³/mol. The smallest absolute Gasteiger partial charge is 0.320 e. The Kier molecular flexibility index (Phi) is 4.57. The number of hydrogen-bond acceptors (Lipinski definition) is 2. The minimum absolute atomic E-state index is 0.509. The molecule has 0 saturated heterocycles. The van der Waals surface area contributed by atoms with Gasteiger partial charge in [-0.1, -0.05) is 42.5 Å². The molecule has 0 heterocycles. The number of hydrogen-bond donors (Lipinski definition) is 2. The van der Waals surface area contributed by atoms with Crippen LogP contribution in [0.15, 0.2) is 36.4 Å². The van der Waals surface area contributed by atoms with Gasteiger partial charge < -0.3 is 10.4 Å². The van der Waals surface area contributed by atoms with Crippen molar-refractivity contribution in [3.8, 4) is 0 Å². The number of benzene rings is 1. The lowest BCUT2D eigenvalue weighted by molar-refractivity contribution is -0.138. The van der Waals surface area contributed by atoms with E-state index in [1.54, 1.807) is 6.92 Å². The number of carboxylic acids is 1. The molecule has 0 aliphatic carbocycles. The van der Waals surface area contributed by atoms with Gasteiger partial charge in [-0.05, 0) is 12.5 Å². The molecule has 0 bridgehead atoms. The van der Waals surface area contributed by atoms with Crippen LogP contribution in [0, 0.1) is 0 Å². The molecule has 80 valence electrons. The summed E-state index contributed by atoms with van der Waals surface area (Å²) in [6.07, 6.45) is 3.87. The monoisotopic (exact) mass is 205 g/mol. The van der Waals surface area contributed by atoms with Crippen molar-refractivity contribution in [1.82, 2.24) is 5.32 Å². The van der Waals surface area contributed by atoms with Gasteiger partial charge in [0.05, 0.1) is 0 Å². The average Bonchev–Trinajstić information content (AvgIpc) is 2.25. The van der Waals surface area contributed by atoms with E-state index in [2.05, 4.69) is 5.32 Å². The van der Waals surface area contributed by atoms with Gasteiger partial charge in [0.15, 0.2) is 0 Å². The molecule has 1 aromatic rings. The highest BCUT2D eigenvalue weighted by molar-refractivity contribution is 5.72. The van der Waals surface area contributed by atoms with E-state index < -0.39 is 12.0 Å². The van der Waals surface area contributed by atoms with Crippen molar-refractivity contribution in [2.45, 2.75) is 13.0 Å². The van der Waals surface area contributed by atoms with Gasteiger partial charge in [0.25, 0.3) is 0 Å². The van der Waals surface area contributed by atoms with Gasteiger partial charge in [-0.3, -0.25) is 4.79 Å². The molecule has 1 rings (SSSR count). The zero-order valence-corrected chi connectivity index (χ0v) is 8.68. The van der Waals surface area contributed by atoms with E-state index in [1.165, 1.54) is 0 Å². The maximum absolute atomic E-state index is 10.5. The Balaban J connectivity index is 2.32. The van der Waals surface area contributed by atoms with E-state index in [0.29, 0.717) is 6.54 Å². The van der Waals surface area contributed by atoms with Gasteiger partial charge in [-0.2, -0.15) is 0 Å². The molecule has 3 heteroatoms. The van der Waals surface area contributed by atoms with Gasteiger partial charge in [0.2, 0.25) is 0 Å². The Bertz CT molecular complexity index is 333. The van der Waals surface area contributed by atoms with Crippen LogP contribution in [0.2, 0.25) is 0 Å². The van der Waals surface area contributed by atoms with E-state index in [4.69, 9.17) is 5.11 Å². The second kappa shape index (κ2) is 5.98. The fourth-order valence-corrected chi connectivity index (χ4v) is 1.09. The standard InChI is InChI=1S/C12H15NO2/c1-10(12(14)15)13-9-5-8-11-6-3-2-4-7-11/h2-8,10,13H,9H2,1H3,(H,14,15)/b8-5-/t10-/m0/s1. The fraction of sp³-hybridized carbons (Fsp3) is 0.250. The second-order valence-corrected chi connectivity index (χ2v) is 3.28. The third-order valence-electron chi connectivity index (χ3n) is 2.02. The van der Waals surface area contributed by atoms with E-state index in [-0.39, 0.29) is 0 Å². The first-order valence-electron chi connectivity index (χ1n) is 4.88. The van der Waals surface area contributed by atoms with Crippen LogP contribution < -0.4 is 5.32 Å². The molecule has 0 radical (unpaired) electrons. The minimum Gasteiger partial charge on any atom is -0.480 e. The Morgan fingerprint density at radius 1 is 1.47 bits per heavy atom. The lowest BCUT2D eigenvalue weighted by Gasteiger charge is -2.05. The van der Waals surface area contributed by atoms with Gasteiger partial charge >= 0.3 is 5.97 Å². The number of carbonyl (C=O) groups is 1. The highest BCUT2D eigenvalue weighted by Gasteiger charge is 2.06. The molecule has 3 nitrogen and oxygen atoms in total. The molecular weight excluding hydrogens is 190 g/mol. The van der Waals surface area contributed by atoms with Crippen LogP contribution in [0.4, 0.5) is 0 Å². The summed E-state index contributed by atoms with van der Waals surface area (Å²) >= 11 is 0. The molecule has 15 heavy (non-hydrogen) atoms. The summed E-state index contributed by atoms with van der Waals surface area (Å²) in [5.74, 6) is -0.830. The van der Waals surface area contributed by atoms with Gasteiger partial charge in [-0.15, -0.1) is 0 Å². The third-order valence-corrected chi connectivity index (χ3v) is 2.02. The molecular formula is C12H15NO2. The summed E-state index contributed by atoms with van der Waals surface area (Å²) < 4.78 is 0. The SMILES string of the molecule is C[C@H](NC/C=C\c1ccccc1)C(=O)O. The van der Waals surface area contributed by atoms with Gasteiger partial charge in [0.1, 0.15) is 6.04 Å². The van der Waals surface area contributed by atoms with Gasteiger partial charge in [0, 0.05) is 6.54 Å². The zero-order chi connectivity index (χ0) is 11.1. The molecule has 0 aliphatic heterocycles. The predicted octanol–water partition coefficient (Wildman–Crippen LogP) is 1.76. The Hall–Kier alpha value is -1.61. The summed E-state index contributed by atoms with van der Waals surface area (Å²) in [6, 6.07) is 9.38. The second-order valence-electron chi connectivity index (χ2n) is 3.28. The van der Waals surface area contributed by atoms with Crippen LogP contribution in [-0.4, -0.2) is 23.7 Å². The number of aliphatic carboxylic acids is 1. The summed E-state index contributed by atoms with van der Waals surface area (Å²) in [7, 11) is 0. The first kappa shape index (κ1) is 11.5. The lowest BCUT2D eigenvalue weighted by atomic mass is 10.2. The topological polar surface area (TPSA) is 49.3 Å². The van der Waals surface area contributed by atoms with Gasteiger partial charge in [-0.25, -0.2) is 0 Å². The molecule has 0 saturated carbocycles. The van der Waals surface area contributed by atoms with Crippen molar-refractivity contribution >= 4 is 12.0 Å². The molecule has 0 unspecified atom stereocenters. The summed E-state index contributed by atoms with van der Waals surface area (Å²) in [5, 5.41) is 11.5. The van der Waals surface area contributed by atoms with Crippen LogP contribution in [0.25, 0.3) is 6.08 Å². The summed E-state index contributed by atoms with van der Waals surface area (Å²) in [5.41, 5.74) is 1.11. The first-order valence-corrected chi connectivity index (χ1v) is 4.88. The van der Waals surface area contributed by atoms with Crippen molar-refractivity contribution in [2.75, 3.05) is 6.54 Å². The van der Waals surface area contributed by atoms with Crippen LogP contribution in [0.5, 0.6) is 0 Å². The molecule has 0 aliphatic rings. The van der Waals surface area contributed by atoms with Crippen LogP contribution in [0.3, 0.4) is 0 Å². The van der Waals surface area contributed by atoms with E-state index in [1.807, 2.05) is 42.5 Å². The van der Waals surface area contributed by atoms with E-state index >= 15 is 0 Å². The first-order chi connectivity index (χ1) is 7.20. The molecule has 0 fully saturated rings. The number of rotatable bonds is 5. The zero-order valence-electron chi connectivity index (χ0n) is 8.68.